The molecule has 1 fully saturated rings. The molecule has 7 heteroatoms. The minimum Gasteiger partial charge on any atom is -0.392 e. The second kappa shape index (κ2) is 8.55. The highest BCUT2D eigenvalue weighted by molar-refractivity contribution is 5.72. The Morgan fingerprint density at radius 1 is 1.08 bits per heavy atom. The minimum atomic E-state index is 0.0362. The largest absolute Gasteiger partial charge is 0.392 e. The summed E-state index contributed by atoms with van der Waals surface area (Å²) in [7, 11) is 0. The molecule has 0 radical (unpaired) electrons. The number of carbonyl (C=O) groups excluding carboxylic acids is 1. The summed E-state index contributed by atoms with van der Waals surface area (Å²) in [6.07, 6.45) is 4.17. The fourth-order valence-electron chi connectivity index (χ4n) is 3.00. The maximum absolute atomic E-state index is 10.3. The molecule has 1 saturated heterocycles. The summed E-state index contributed by atoms with van der Waals surface area (Å²) < 4.78 is 0. The van der Waals surface area contributed by atoms with Gasteiger partial charge in [-0.1, -0.05) is 24.3 Å². The number of hydrogen-bond acceptors (Lipinski definition) is 6. The summed E-state index contributed by atoms with van der Waals surface area (Å²) in [5.74, 6) is 0.893. The van der Waals surface area contributed by atoms with Gasteiger partial charge >= 0.3 is 0 Å². The summed E-state index contributed by atoms with van der Waals surface area (Å²) in [5, 5.41) is 11.9. The van der Waals surface area contributed by atoms with Crippen LogP contribution in [0.3, 0.4) is 0 Å². The molecule has 7 nitrogen and oxygen atoms in total. The summed E-state index contributed by atoms with van der Waals surface area (Å²) in [6, 6.07) is 7.76. The van der Waals surface area contributed by atoms with Crippen molar-refractivity contribution in [3.8, 4) is 11.3 Å². The molecule has 0 saturated carbocycles. The van der Waals surface area contributed by atoms with Crippen LogP contribution in [0.25, 0.3) is 11.3 Å². The van der Waals surface area contributed by atoms with Crippen LogP contribution in [0.4, 0.5) is 5.82 Å². The lowest BCUT2D eigenvalue weighted by molar-refractivity contribution is -0.109. The van der Waals surface area contributed by atoms with E-state index in [4.69, 9.17) is 0 Å². The van der Waals surface area contributed by atoms with E-state index in [0.717, 1.165) is 61.8 Å². The van der Waals surface area contributed by atoms with Crippen molar-refractivity contribution in [1.29, 1.82) is 0 Å². The number of carbonyl (C=O) groups is 1. The number of nitrogens with one attached hydrogen (secondary N) is 1. The van der Waals surface area contributed by atoms with Crippen LogP contribution in [-0.4, -0.2) is 65.7 Å². The van der Waals surface area contributed by atoms with E-state index in [9.17, 15) is 9.90 Å². The molecule has 2 aromatic rings. The first-order chi connectivity index (χ1) is 12.3. The Morgan fingerprint density at radius 2 is 1.80 bits per heavy atom. The van der Waals surface area contributed by atoms with Crippen LogP contribution in [-0.2, 0) is 11.4 Å². The first-order valence-electron chi connectivity index (χ1n) is 8.47. The molecule has 132 valence electrons. The summed E-state index contributed by atoms with van der Waals surface area (Å²) in [4.78, 5) is 24.0. The van der Waals surface area contributed by atoms with E-state index < -0.39 is 0 Å². The molecule has 0 unspecified atom stereocenters. The van der Waals surface area contributed by atoms with Crippen LogP contribution >= 0.6 is 0 Å². The summed E-state index contributed by atoms with van der Waals surface area (Å²) in [6.45, 7) is 5.19. The maximum atomic E-state index is 10.3. The van der Waals surface area contributed by atoms with Crippen molar-refractivity contribution < 1.29 is 9.90 Å². The van der Waals surface area contributed by atoms with Gasteiger partial charge in [-0.25, -0.2) is 4.98 Å². The number of hydrogen-bond donors (Lipinski definition) is 2. The maximum Gasteiger partial charge on any atom is 0.207 e. The van der Waals surface area contributed by atoms with E-state index >= 15 is 0 Å². The predicted molar refractivity (Wildman–Crippen MR) is 96.1 cm³/mol. The van der Waals surface area contributed by atoms with Crippen molar-refractivity contribution in [2.24, 2.45) is 0 Å². The molecular formula is C18H23N5O2. The van der Waals surface area contributed by atoms with Crippen LogP contribution in [0.1, 0.15) is 5.56 Å². The van der Waals surface area contributed by atoms with Gasteiger partial charge in [-0.3, -0.25) is 14.7 Å². The molecule has 25 heavy (non-hydrogen) atoms. The van der Waals surface area contributed by atoms with Gasteiger partial charge in [0.05, 0.1) is 6.61 Å². The van der Waals surface area contributed by atoms with Crippen molar-refractivity contribution in [2.45, 2.75) is 6.61 Å². The van der Waals surface area contributed by atoms with Crippen molar-refractivity contribution in [3.05, 3.63) is 42.2 Å². The second-order valence-corrected chi connectivity index (χ2v) is 5.98. The van der Waals surface area contributed by atoms with E-state index in [0.29, 0.717) is 6.54 Å². The lowest BCUT2D eigenvalue weighted by atomic mass is 10.1. The van der Waals surface area contributed by atoms with Gasteiger partial charge in [-0.05, 0) is 5.56 Å². The van der Waals surface area contributed by atoms with E-state index in [1.807, 2.05) is 24.3 Å². The molecule has 1 aromatic heterocycles. The predicted octanol–water partition coefficient (Wildman–Crippen LogP) is 0.504. The van der Waals surface area contributed by atoms with Gasteiger partial charge in [-0.2, -0.15) is 0 Å². The first-order valence-corrected chi connectivity index (χ1v) is 8.47. The van der Waals surface area contributed by atoms with E-state index in [2.05, 4.69) is 25.1 Å². The van der Waals surface area contributed by atoms with Crippen LogP contribution in [0.5, 0.6) is 0 Å². The standard InChI is InChI=1S/C18H23N5O2/c24-13-15-1-3-16(4-2-15)17-18(21-6-5-20-17)23-11-9-22(10-12-23)8-7-19-14-25/h1-6,14,24H,7-13H2,(H,19,25). The van der Waals surface area contributed by atoms with Crippen molar-refractivity contribution in [2.75, 3.05) is 44.2 Å². The number of rotatable bonds is 7. The Labute approximate surface area is 147 Å². The molecule has 0 spiro atoms. The van der Waals surface area contributed by atoms with Gasteiger partial charge in [0.15, 0.2) is 5.82 Å². The lowest BCUT2D eigenvalue weighted by Gasteiger charge is -2.35. The average Bonchev–Trinajstić information content (AvgIpc) is 2.69. The quantitative estimate of drug-likeness (QED) is 0.564. The van der Waals surface area contributed by atoms with Crippen LogP contribution in [0.15, 0.2) is 36.7 Å². The zero-order valence-corrected chi connectivity index (χ0v) is 14.1. The first kappa shape index (κ1) is 17.3. The monoisotopic (exact) mass is 341 g/mol. The van der Waals surface area contributed by atoms with Gasteiger partial charge in [0.2, 0.25) is 6.41 Å². The highest BCUT2D eigenvalue weighted by atomic mass is 16.3. The third-order valence-corrected chi connectivity index (χ3v) is 4.42. The van der Waals surface area contributed by atoms with Gasteiger partial charge in [0, 0.05) is 57.2 Å². The molecule has 0 atom stereocenters. The van der Waals surface area contributed by atoms with Crippen LogP contribution in [0.2, 0.25) is 0 Å². The lowest BCUT2D eigenvalue weighted by Crippen LogP contribution is -2.48. The fraction of sp³-hybridized carbons (Fsp3) is 0.389. The number of anilines is 1. The van der Waals surface area contributed by atoms with Gasteiger partial charge in [-0.15, -0.1) is 0 Å². The number of aliphatic hydroxyl groups is 1. The van der Waals surface area contributed by atoms with Crippen LogP contribution in [0, 0.1) is 0 Å². The SMILES string of the molecule is O=CNCCN1CCN(c2nccnc2-c2ccc(CO)cc2)CC1. The highest BCUT2D eigenvalue weighted by Crippen LogP contribution is 2.27. The highest BCUT2D eigenvalue weighted by Gasteiger charge is 2.21. The molecule has 3 rings (SSSR count). The van der Waals surface area contributed by atoms with Gasteiger partial charge in [0.25, 0.3) is 0 Å². The average molecular weight is 341 g/mol. The number of benzene rings is 1. The van der Waals surface area contributed by atoms with Crippen molar-refractivity contribution in [3.63, 3.8) is 0 Å². The van der Waals surface area contributed by atoms with Gasteiger partial charge in [0.1, 0.15) is 5.69 Å². The molecular weight excluding hydrogens is 318 g/mol. The van der Waals surface area contributed by atoms with E-state index in [-0.39, 0.29) is 6.61 Å². The minimum absolute atomic E-state index is 0.0362. The smallest absolute Gasteiger partial charge is 0.207 e. The second-order valence-electron chi connectivity index (χ2n) is 5.98. The number of amides is 1. The molecule has 2 N–H and O–H groups in total. The topological polar surface area (TPSA) is 81.6 Å². The van der Waals surface area contributed by atoms with E-state index in [1.165, 1.54) is 0 Å². The summed E-state index contributed by atoms with van der Waals surface area (Å²) in [5.41, 5.74) is 2.74. The number of piperazine rings is 1. The number of aromatic nitrogens is 2. The normalized spacial score (nSPS) is 15.2. The molecule has 1 aliphatic heterocycles. The Morgan fingerprint density at radius 3 is 2.48 bits per heavy atom. The van der Waals surface area contributed by atoms with Gasteiger partial charge < -0.3 is 15.3 Å². The molecule has 1 aliphatic rings. The number of aliphatic hydroxyl groups excluding tert-OH is 1. The zero-order valence-electron chi connectivity index (χ0n) is 14.1. The third-order valence-electron chi connectivity index (χ3n) is 4.42. The summed E-state index contributed by atoms with van der Waals surface area (Å²) >= 11 is 0. The Balaban J connectivity index is 1.70. The fourth-order valence-corrected chi connectivity index (χ4v) is 3.00. The molecule has 0 aliphatic carbocycles. The third kappa shape index (κ3) is 4.32. The van der Waals surface area contributed by atoms with E-state index in [1.54, 1.807) is 12.4 Å². The van der Waals surface area contributed by atoms with Crippen molar-refractivity contribution in [1.82, 2.24) is 20.2 Å². The Kier molecular flexibility index (Phi) is 5.92. The molecule has 1 amide bonds. The zero-order chi connectivity index (χ0) is 17.5. The number of nitrogens with zero attached hydrogens (tertiary/aromatic N) is 4. The Bertz CT molecular complexity index is 684. The van der Waals surface area contributed by atoms with Crippen molar-refractivity contribution >= 4 is 12.2 Å². The molecule has 0 bridgehead atoms. The molecule has 1 aromatic carbocycles. The molecule has 2 heterocycles. The van der Waals surface area contributed by atoms with Crippen LogP contribution < -0.4 is 10.2 Å². The Hall–Kier alpha value is -2.51.